The van der Waals surface area contributed by atoms with Crippen molar-refractivity contribution in [1.29, 1.82) is 0 Å². The van der Waals surface area contributed by atoms with E-state index in [4.69, 9.17) is 8.85 Å². The Bertz CT molecular complexity index is 2090. The highest BCUT2D eigenvalue weighted by molar-refractivity contribution is 6.99. The van der Waals surface area contributed by atoms with E-state index in [1.165, 1.54) is 22.3 Å². The zero-order valence-electron chi connectivity index (χ0n) is 32.5. The van der Waals surface area contributed by atoms with Gasteiger partial charge in [-0.15, -0.1) is 0 Å². The van der Waals surface area contributed by atoms with Gasteiger partial charge < -0.3 is 9.64 Å². The predicted octanol–water partition coefficient (Wildman–Crippen LogP) is 9.10. The van der Waals surface area contributed by atoms with Crippen molar-refractivity contribution in [2.45, 2.75) is 110 Å². The maximum Gasteiger partial charge on any atom is 0.256 e. The van der Waals surface area contributed by atoms with Crippen LogP contribution < -0.4 is 26.0 Å². The summed E-state index contributed by atoms with van der Waals surface area (Å²) >= 11 is 0. The molecule has 224 valence electrons. The summed E-state index contributed by atoms with van der Waals surface area (Å²) in [4.78, 5) is 2.15. The van der Waals surface area contributed by atoms with Crippen LogP contribution in [0.3, 0.4) is 0 Å². The summed E-state index contributed by atoms with van der Waals surface area (Å²) in [5.74, 6) is 0.872. The van der Waals surface area contributed by atoms with Crippen LogP contribution in [0, 0.1) is 6.85 Å². The van der Waals surface area contributed by atoms with Gasteiger partial charge in [-0.2, -0.15) is 0 Å². The lowest BCUT2D eigenvalue weighted by Crippen LogP contribution is -2.60. The van der Waals surface area contributed by atoms with Crippen LogP contribution in [0.1, 0.15) is 116 Å². The zero-order chi connectivity index (χ0) is 35.2. The molecule has 0 radical (unpaired) electrons. The molecule has 0 bridgehead atoms. The first kappa shape index (κ1) is 23.0. The van der Waals surface area contributed by atoms with Gasteiger partial charge in [0.1, 0.15) is 11.5 Å². The first-order valence-electron chi connectivity index (χ1n) is 18.8. The van der Waals surface area contributed by atoms with E-state index in [1.807, 2.05) is 18.2 Å². The molecule has 0 saturated heterocycles. The van der Waals surface area contributed by atoms with Gasteiger partial charge in [0.25, 0.3) is 6.71 Å². The molecule has 3 heteroatoms. The third kappa shape index (κ3) is 3.87. The lowest BCUT2D eigenvalue weighted by molar-refractivity contribution is 0.332. The van der Waals surface area contributed by atoms with Gasteiger partial charge in [-0.3, -0.25) is 0 Å². The summed E-state index contributed by atoms with van der Waals surface area (Å²) in [5, 5.41) is 0. The molecule has 2 nitrogen and oxygen atoms in total. The van der Waals surface area contributed by atoms with Crippen molar-refractivity contribution in [2.75, 3.05) is 4.90 Å². The van der Waals surface area contributed by atoms with Crippen LogP contribution in [0.15, 0.2) is 66.7 Å². The first-order chi connectivity index (χ1) is 22.7. The molecule has 2 aliphatic carbocycles. The number of rotatable bonds is 1. The smallest absolute Gasteiger partial charge is 0.256 e. The quantitative estimate of drug-likeness (QED) is 0.179. The number of hydrogen-bond donors (Lipinski definition) is 0. The highest BCUT2D eigenvalue weighted by Crippen LogP contribution is 2.51. The lowest BCUT2D eigenvalue weighted by atomic mass is 9.33. The van der Waals surface area contributed by atoms with Gasteiger partial charge in [-0.1, -0.05) is 85.7 Å². The van der Waals surface area contributed by atoms with Crippen molar-refractivity contribution < 1.29 is 11.6 Å². The van der Waals surface area contributed by atoms with Crippen LogP contribution in [0.4, 0.5) is 17.1 Å². The van der Waals surface area contributed by atoms with Crippen molar-refractivity contribution in [3.63, 3.8) is 0 Å². The largest absolute Gasteiger partial charge is 0.458 e. The molecular formula is C41H46BNO. The summed E-state index contributed by atoms with van der Waals surface area (Å²) < 4.78 is 51.1. The van der Waals surface area contributed by atoms with Gasteiger partial charge in [-0.05, 0) is 135 Å². The maximum atomic E-state index is 9.69. The second kappa shape index (κ2) is 8.84. The number of anilines is 3. The molecule has 0 unspecified atom stereocenters. The summed E-state index contributed by atoms with van der Waals surface area (Å²) in [6, 6.07) is 19.0. The van der Waals surface area contributed by atoms with Crippen LogP contribution in [0.2, 0.25) is 0 Å². The molecule has 8 rings (SSSR count). The summed E-state index contributed by atoms with van der Waals surface area (Å²) in [7, 11) is 0. The predicted molar refractivity (Wildman–Crippen MR) is 188 cm³/mol. The Balaban J connectivity index is 1.53. The Morgan fingerprint density at radius 2 is 1.27 bits per heavy atom. The Morgan fingerprint density at radius 3 is 1.95 bits per heavy atom. The molecule has 2 aliphatic heterocycles. The average molecular weight is 585 g/mol. The number of nitrogens with zero attached hydrogens (tertiary/aromatic N) is 1. The normalized spacial score (nSPS) is 22.8. The Morgan fingerprint density at radius 1 is 0.659 bits per heavy atom. The highest BCUT2D eigenvalue weighted by atomic mass is 16.5. The fourth-order valence-electron chi connectivity index (χ4n) is 8.58. The van der Waals surface area contributed by atoms with Crippen molar-refractivity contribution >= 4 is 40.2 Å². The molecule has 0 spiro atoms. The fourth-order valence-corrected chi connectivity index (χ4v) is 8.58. The van der Waals surface area contributed by atoms with Gasteiger partial charge in [0.15, 0.2) is 0 Å². The summed E-state index contributed by atoms with van der Waals surface area (Å²) in [5.41, 5.74) is 10.0. The van der Waals surface area contributed by atoms with Gasteiger partial charge in [0.05, 0.1) is 2.74 Å². The van der Waals surface area contributed by atoms with Gasteiger partial charge in [0, 0.05) is 21.2 Å². The third-order valence-corrected chi connectivity index (χ3v) is 11.6. The van der Waals surface area contributed by atoms with Gasteiger partial charge in [0.2, 0.25) is 0 Å². The summed E-state index contributed by atoms with van der Waals surface area (Å²) in [6.45, 7) is 15.6. The highest BCUT2D eigenvalue weighted by Gasteiger charge is 2.46. The van der Waals surface area contributed by atoms with Crippen molar-refractivity contribution in [2.24, 2.45) is 0 Å². The number of hydrogen-bond acceptors (Lipinski definition) is 2. The molecule has 0 atom stereocenters. The molecular weight excluding hydrogens is 533 g/mol. The van der Waals surface area contributed by atoms with Crippen molar-refractivity contribution in [3.8, 4) is 11.5 Å². The van der Waals surface area contributed by atoms with Gasteiger partial charge in [-0.25, -0.2) is 0 Å². The lowest BCUT2D eigenvalue weighted by Gasteiger charge is -2.46. The van der Waals surface area contributed by atoms with E-state index < -0.39 is 6.85 Å². The number of para-hydroxylation sites is 1. The van der Waals surface area contributed by atoms with Crippen LogP contribution in [0.5, 0.6) is 11.5 Å². The van der Waals surface area contributed by atoms with E-state index in [2.05, 4.69) is 96.7 Å². The second-order valence-electron chi connectivity index (χ2n) is 16.3. The fraction of sp³-hybridized carbons (Fsp3) is 0.415. The number of benzene rings is 4. The van der Waals surface area contributed by atoms with E-state index in [1.54, 1.807) is 0 Å². The molecule has 4 aliphatic rings. The monoisotopic (exact) mass is 584 g/mol. The molecule has 2 heterocycles. The minimum absolute atomic E-state index is 0.0293. The standard InChI is InChI=1S/C41H46BNO/c1-25-20-34-37-36(21-25)44-35-13-11-10-12-31(35)42(37)32-23-29-30(41(8,9)19-18-40(29,6)7)24-33(32)43(34)26-14-15-27-28(22-26)39(4,5)17-16-38(27,2)3/h10-15,20-24H,16-19H2,1-9H3/i1D3,20D,21D. The Kier molecular flexibility index (Phi) is 4.61. The Hall–Kier alpha value is -3.46. The van der Waals surface area contributed by atoms with Crippen LogP contribution in [0.25, 0.3) is 0 Å². The minimum atomic E-state index is -2.68. The maximum absolute atomic E-state index is 9.69. The van der Waals surface area contributed by atoms with Crippen LogP contribution in [-0.2, 0) is 21.7 Å². The molecule has 4 aromatic carbocycles. The topological polar surface area (TPSA) is 12.5 Å². The van der Waals surface area contributed by atoms with Gasteiger partial charge >= 0.3 is 0 Å². The summed E-state index contributed by atoms with van der Waals surface area (Å²) in [6.07, 6.45) is 4.30. The third-order valence-electron chi connectivity index (χ3n) is 11.6. The van der Waals surface area contributed by atoms with E-state index in [-0.39, 0.29) is 51.8 Å². The molecule has 44 heavy (non-hydrogen) atoms. The molecule has 0 aromatic heterocycles. The molecule has 0 N–H and O–H groups in total. The van der Waals surface area contributed by atoms with Crippen molar-refractivity contribution in [1.82, 2.24) is 0 Å². The zero-order valence-corrected chi connectivity index (χ0v) is 27.5. The first-order valence-corrected chi connectivity index (χ1v) is 16.3. The van der Waals surface area contributed by atoms with Crippen LogP contribution >= 0.6 is 0 Å². The second-order valence-corrected chi connectivity index (χ2v) is 16.3. The minimum Gasteiger partial charge on any atom is -0.458 e. The number of ether oxygens (including phenoxy) is 1. The Labute approximate surface area is 272 Å². The average Bonchev–Trinajstić information content (AvgIpc) is 3.02. The molecule has 0 amide bonds. The number of fused-ring (bicyclic) bond motifs is 6. The van der Waals surface area contributed by atoms with E-state index in [0.29, 0.717) is 16.9 Å². The SMILES string of the molecule is [2H]c1c2c3c(c([2H])c1C([2H])([2H])[2H])N(c1ccc4c(c1)C(C)(C)CCC4(C)C)c1cc4c(cc1B3c1ccccc1O2)C(C)(C)CCC4(C)C. The van der Waals surface area contributed by atoms with E-state index in [9.17, 15) is 2.74 Å². The van der Waals surface area contributed by atoms with E-state index in [0.717, 1.165) is 48.0 Å². The molecule has 4 aromatic rings. The molecule has 0 fully saturated rings. The van der Waals surface area contributed by atoms with Crippen molar-refractivity contribution in [3.05, 3.63) is 94.5 Å². The van der Waals surface area contributed by atoms with E-state index >= 15 is 0 Å². The molecule has 0 saturated carbocycles. The van der Waals surface area contributed by atoms with Crippen LogP contribution in [-0.4, -0.2) is 6.71 Å².